The van der Waals surface area contributed by atoms with Crippen molar-refractivity contribution in [2.45, 2.75) is 18.9 Å². The minimum Gasteiger partial charge on any atom is -0.336 e. The number of carbonyl (C=O) groups excluding carboxylic acids is 1. The lowest BCUT2D eigenvalue weighted by atomic mass is 9.95. The Labute approximate surface area is 151 Å². The zero-order valence-electron chi connectivity index (χ0n) is 13.8. The first-order chi connectivity index (χ1) is 11.6. The number of benzene rings is 1. The standard InChI is InChI=1S/C18H18N4O2.ClH/c1-11-14-7-13(8-20-17(14)24-21-11)18(23)22-9-15(16(19)10-22)12-5-3-2-4-6-12;/h2-8,15-16H,9-10,19H2,1H3;1H/t15-,16+;/m0./s1. The Kier molecular flexibility index (Phi) is 4.74. The van der Waals surface area contributed by atoms with Gasteiger partial charge in [-0.1, -0.05) is 35.5 Å². The summed E-state index contributed by atoms with van der Waals surface area (Å²) >= 11 is 0. The first-order valence-corrected chi connectivity index (χ1v) is 7.95. The van der Waals surface area contributed by atoms with E-state index in [1.54, 1.807) is 11.0 Å². The second-order valence-corrected chi connectivity index (χ2v) is 6.24. The van der Waals surface area contributed by atoms with Gasteiger partial charge in [-0.25, -0.2) is 4.98 Å². The van der Waals surface area contributed by atoms with Crippen LogP contribution in [-0.4, -0.2) is 40.1 Å². The molecule has 4 rings (SSSR count). The maximum absolute atomic E-state index is 12.8. The predicted molar refractivity (Wildman–Crippen MR) is 96.9 cm³/mol. The lowest BCUT2D eigenvalue weighted by Crippen LogP contribution is -2.32. The highest BCUT2D eigenvalue weighted by molar-refractivity contribution is 5.97. The molecule has 0 spiro atoms. The lowest BCUT2D eigenvalue weighted by Gasteiger charge is -2.16. The van der Waals surface area contributed by atoms with E-state index in [9.17, 15) is 4.79 Å². The highest BCUT2D eigenvalue weighted by atomic mass is 35.5. The van der Waals surface area contributed by atoms with Crippen LogP contribution in [0.2, 0.25) is 0 Å². The summed E-state index contributed by atoms with van der Waals surface area (Å²) < 4.78 is 5.09. The second-order valence-electron chi connectivity index (χ2n) is 6.24. The summed E-state index contributed by atoms with van der Waals surface area (Å²) in [4.78, 5) is 18.8. The Bertz CT molecular complexity index is 896. The number of nitrogens with two attached hydrogens (primary N) is 1. The fraction of sp³-hybridized carbons (Fsp3) is 0.278. The van der Waals surface area contributed by atoms with Gasteiger partial charge < -0.3 is 15.2 Å². The zero-order chi connectivity index (χ0) is 16.7. The van der Waals surface area contributed by atoms with Crippen molar-refractivity contribution in [3.05, 3.63) is 59.4 Å². The number of likely N-dealkylation sites (tertiary alicyclic amines) is 1. The van der Waals surface area contributed by atoms with Crippen LogP contribution >= 0.6 is 12.4 Å². The van der Waals surface area contributed by atoms with Gasteiger partial charge in [-0.3, -0.25) is 4.79 Å². The molecule has 1 saturated heterocycles. The van der Waals surface area contributed by atoms with E-state index in [0.29, 0.717) is 24.4 Å². The fourth-order valence-electron chi connectivity index (χ4n) is 3.29. The molecule has 0 aliphatic carbocycles. The van der Waals surface area contributed by atoms with E-state index >= 15 is 0 Å². The second kappa shape index (κ2) is 6.82. The maximum Gasteiger partial charge on any atom is 0.257 e. The van der Waals surface area contributed by atoms with E-state index in [2.05, 4.69) is 22.3 Å². The van der Waals surface area contributed by atoms with Crippen LogP contribution in [0.3, 0.4) is 0 Å². The number of hydrogen-bond donors (Lipinski definition) is 1. The quantitative estimate of drug-likeness (QED) is 0.760. The van der Waals surface area contributed by atoms with Gasteiger partial charge in [0.2, 0.25) is 0 Å². The average molecular weight is 359 g/mol. The third kappa shape index (κ3) is 3.10. The summed E-state index contributed by atoms with van der Waals surface area (Å²) in [5.74, 6) is 0.100. The Balaban J connectivity index is 0.00000182. The molecule has 1 amide bonds. The molecular formula is C18H19ClN4O2. The number of aryl methyl sites for hydroxylation is 1. The highest BCUT2D eigenvalue weighted by Crippen LogP contribution is 2.28. The maximum atomic E-state index is 12.8. The van der Waals surface area contributed by atoms with Crippen LogP contribution in [0, 0.1) is 6.92 Å². The van der Waals surface area contributed by atoms with Crippen LogP contribution in [0.25, 0.3) is 11.1 Å². The third-order valence-electron chi connectivity index (χ3n) is 4.64. The Morgan fingerprint density at radius 1 is 1.28 bits per heavy atom. The van der Waals surface area contributed by atoms with Crippen molar-refractivity contribution >= 4 is 29.4 Å². The number of aromatic nitrogens is 2. The Morgan fingerprint density at radius 2 is 2.04 bits per heavy atom. The third-order valence-corrected chi connectivity index (χ3v) is 4.64. The van der Waals surface area contributed by atoms with E-state index in [0.717, 1.165) is 11.1 Å². The minimum absolute atomic E-state index is 0. The monoisotopic (exact) mass is 358 g/mol. The number of hydrogen-bond acceptors (Lipinski definition) is 5. The summed E-state index contributed by atoms with van der Waals surface area (Å²) in [6, 6.07) is 11.8. The molecule has 2 N–H and O–H groups in total. The minimum atomic E-state index is -0.0645. The molecule has 1 aliphatic heterocycles. The van der Waals surface area contributed by atoms with Gasteiger partial charge in [0.15, 0.2) is 0 Å². The normalized spacial score (nSPS) is 19.8. The molecule has 0 unspecified atom stereocenters. The predicted octanol–water partition coefficient (Wildman–Crippen LogP) is 2.52. The van der Waals surface area contributed by atoms with Gasteiger partial charge in [-0.05, 0) is 18.6 Å². The topological polar surface area (TPSA) is 85.2 Å². The van der Waals surface area contributed by atoms with E-state index in [4.69, 9.17) is 10.3 Å². The molecule has 130 valence electrons. The molecule has 0 radical (unpaired) electrons. The van der Waals surface area contributed by atoms with Gasteiger partial charge in [-0.2, -0.15) is 0 Å². The number of carbonyl (C=O) groups is 1. The first kappa shape index (κ1) is 17.4. The van der Waals surface area contributed by atoms with Crippen LogP contribution in [0.15, 0.2) is 47.1 Å². The molecule has 1 aromatic carbocycles. The van der Waals surface area contributed by atoms with E-state index < -0.39 is 0 Å². The van der Waals surface area contributed by atoms with Crippen LogP contribution in [-0.2, 0) is 0 Å². The summed E-state index contributed by atoms with van der Waals surface area (Å²) in [5, 5.41) is 4.64. The Hall–Kier alpha value is -2.44. The van der Waals surface area contributed by atoms with Crippen molar-refractivity contribution in [3.63, 3.8) is 0 Å². The number of pyridine rings is 1. The highest BCUT2D eigenvalue weighted by Gasteiger charge is 2.34. The van der Waals surface area contributed by atoms with Crippen LogP contribution in [0.5, 0.6) is 0 Å². The molecule has 3 aromatic rings. The van der Waals surface area contributed by atoms with Crippen molar-refractivity contribution in [1.29, 1.82) is 0 Å². The molecule has 3 heterocycles. The van der Waals surface area contributed by atoms with Gasteiger partial charge in [0.25, 0.3) is 11.6 Å². The molecule has 1 fully saturated rings. The van der Waals surface area contributed by atoms with E-state index in [1.807, 2.05) is 25.1 Å². The van der Waals surface area contributed by atoms with Crippen molar-refractivity contribution in [2.24, 2.45) is 5.73 Å². The van der Waals surface area contributed by atoms with Gasteiger partial charge in [-0.15, -0.1) is 12.4 Å². The summed E-state index contributed by atoms with van der Waals surface area (Å²) in [6.07, 6.45) is 1.54. The average Bonchev–Trinajstić information content (AvgIpc) is 3.18. The van der Waals surface area contributed by atoms with Crippen LogP contribution < -0.4 is 5.73 Å². The van der Waals surface area contributed by atoms with Crippen LogP contribution in [0.4, 0.5) is 0 Å². The number of halogens is 1. The molecule has 6 nitrogen and oxygen atoms in total. The summed E-state index contributed by atoms with van der Waals surface area (Å²) in [7, 11) is 0. The zero-order valence-corrected chi connectivity index (χ0v) is 14.6. The van der Waals surface area contributed by atoms with Crippen molar-refractivity contribution in [2.75, 3.05) is 13.1 Å². The number of fused-ring (bicyclic) bond motifs is 1. The lowest BCUT2D eigenvalue weighted by molar-refractivity contribution is 0.0789. The van der Waals surface area contributed by atoms with Gasteiger partial charge in [0.05, 0.1) is 16.6 Å². The molecular weight excluding hydrogens is 340 g/mol. The molecule has 2 atom stereocenters. The smallest absolute Gasteiger partial charge is 0.257 e. The van der Waals surface area contributed by atoms with Crippen molar-refractivity contribution < 1.29 is 9.32 Å². The first-order valence-electron chi connectivity index (χ1n) is 7.95. The molecule has 25 heavy (non-hydrogen) atoms. The SMILES string of the molecule is Cc1noc2ncc(C(=O)N3C[C@@H](N)[C@H](c4ccccc4)C3)cc12.Cl. The number of nitrogens with zero attached hydrogens (tertiary/aromatic N) is 3. The van der Waals surface area contributed by atoms with Gasteiger partial charge in [0, 0.05) is 31.2 Å². The molecule has 7 heteroatoms. The van der Waals surface area contributed by atoms with Gasteiger partial charge >= 0.3 is 0 Å². The number of rotatable bonds is 2. The number of amides is 1. The van der Waals surface area contributed by atoms with E-state index in [1.165, 1.54) is 11.8 Å². The largest absolute Gasteiger partial charge is 0.336 e. The molecule has 0 saturated carbocycles. The molecule has 0 bridgehead atoms. The van der Waals surface area contributed by atoms with Crippen molar-refractivity contribution in [1.82, 2.24) is 15.0 Å². The summed E-state index contributed by atoms with van der Waals surface area (Å²) in [6.45, 7) is 2.99. The van der Waals surface area contributed by atoms with Crippen LogP contribution in [0.1, 0.15) is 27.5 Å². The van der Waals surface area contributed by atoms with E-state index in [-0.39, 0.29) is 30.3 Å². The van der Waals surface area contributed by atoms with Crippen molar-refractivity contribution in [3.8, 4) is 0 Å². The molecule has 2 aromatic heterocycles. The summed E-state index contributed by atoms with van der Waals surface area (Å²) in [5.41, 5.74) is 9.17. The molecule has 1 aliphatic rings. The van der Waals surface area contributed by atoms with Gasteiger partial charge in [0.1, 0.15) is 0 Å². The Morgan fingerprint density at radius 3 is 2.80 bits per heavy atom. The fourth-order valence-corrected chi connectivity index (χ4v) is 3.29.